The van der Waals surface area contributed by atoms with Gasteiger partial charge in [0.25, 0.3) is 0 Å². The Balaban J connectivity index is 1.88. The molecule has 0 fully saturated rings. The van der Waals surface area contributed by atoms with Gasteiger partial charge < -0.3 is 20.5 Å². The average Bonchev–Trinajstić information content (AvgIpc) is 3.10. The number of aryl methyl sites for hydroxylation is 3. The zero-order chi connectivity index (χ0) is 20.4. The zero-order valence-corrected chi connectivity index (χ0v) is 17.1. The van der Waals surface area contributed by atoms with E-state index in [0.29, 0.717) is 31.3 Å². The summed E-state index contributed by atoms with van der Waals surface area (Å²) >= 11 is 0. The quantitative estimate of drug-likeness (QED) is 0.452. The predicted octanol–water partition coefficient (Wildman–Crippen LogP) is 2.59. The third-order valence-corrected chi connectivity index (χ3v) is 4.17. The number of nitrogens with one attached hydrogen (secondary N) is 3. The number of rotatable bonds is 9. The standard InChI is InChI=1S/C20H30N6O2/c1-5-16-15(17(6-2)28-26-16)13-24-20(21-7-3)22-11-10-19(27)25-18-9-8-14(4)12-23-18/h8-9,12H,5-7,10-11,13H2,1-4H3,(H2,21,22,24)(H,23,25,27). The van der Waals surface area contributed by atoms with E-state index in [0.717, 1.165) is 42.0 Å². The van der Waals surface area contributed by atoms with E-state index in [1.165, 1.54) is 0 Å². The van der Waals surface area contributed by atoms with Crippen molar-refractivity contribution in [1.82, 2.24) is 20.8 Å². The molecule has 0 radical (unpaired) electrons. The minimum Gasteiger partial charge on any atom is -0.361 e. The summed E-state index contributed by atoms with van der Waals surface area (Å²) in [5.41, 5.74) is 3.04. The number of aromatic nitrogens is 2. The van der Waals surface area contributed by atoms with Crippen molar-refractivity contribution in [1.29, 1.82) is 0 Å². The van der Waals surface area contributed by atoms with Crippen molar-refractivity contribution < 1.29 is 9.32 Å². The number of amides is 1. The molecule has 8 nitrogen and oxygen atoms in total. The molecule has 0 bridgehead atoms. The fraction of sp³-hybridized carbons (Fsp3) is 0.500. The second kappa shape index (κ2) is 11.1. The Labute approximate surface area is 166 Å². The van der Waals surface area contributed by atoms with Crippen molar-refractivity contribution in [3.8, 4) is 0 Å². The van der Waals surface area contributed by atoms with Crippen LogP contribution in [0.1, 0.15) is 49.8 Å². The van der Waals surface area contributed by atoms with Gasteiger partial charge in [-0.05, 0) is 31.9 Å². The molecule has 0 atom stereocenters. The van der Waals surface area contributed by atoms with Gasteiger partial charge in [-0.1, -0.05) is 25.1 Å². The SMILES string of the molecule is CCNC(=NCc1c(CC)noc1CC)NCCC(=O)Nc1ccc(C)cn1. The van der Waals surface area contributed by atoms with Gasteiger partial charge in [0.1, 0.15) is 11.6 Å². The van der Waals surface area contributed by atoms with Gasteiger partial charge in [0.05, 0.1) is 12.2 Å². The molecule has 0 saturated heterocycles. The van der Waals surface area contributed by atoms with Gasteiger partial charge in [-0.25, -0.2) is 9.98 Å². The fourth-order valence-electron chi connectivity index (χ4n) is 2.66. The Kier molecular flexibility index (Phi) is 8.45. The van der Waals surface area contributed by atoms with E-state index in [4.69, 9.17) is 4.52 Å². The van der Waals surface area contributed by atoms with Gasteiger partial charge in [0, 0.05) is 37.7 Å². The van der Waals surface area contributed by atoms with Gasteiger partial charge in [0.2, 0.25) is 5.91 Å². The molecule has 0 aromatic carbocycles. The second-order valence-electron chi connectivity index (χ2n) is 6.38. The number of carbonyl (C=O) groups is 1. The molecule has 8 heteroatoms. The lowest BCUT2D eigenvalue weighted by Gasteiger charge is -2.11. The summed E-state index contributed by atoms with van der Waals surface area (Å²) in [7, 11) is 0. The van der Waals surface area contributed by atoms with Crippen LogP contribution in [0.3, 0.4) is 0 Å². The zero-order valence-electron chi connectivity index (χ0n) is 17.1. The number of guanidine groups is 1. The second-order valence-corrected chi connectivity index (χ2v) is 6.38. The molecule has 0 aliphatic carbocycles. The molecule has 0 aliphatic rings. The topological polar surface area (TPSA) is 104 Å². The van der Waals surface area contributed by atoms with E-state index < -0.39 is 0 Å². The van der Waals surface area contributed by atoms with Crippen LogP contribution in [0.15, 0.2) is 27.8 Å². The Morgan fingerprint density at radius 3 is 2.64 bits per heavy atom. The molecule has 0 saturated carbocycles. The van der Waals surface area contributed by atoms with Gasteiger partial charge in [-0.15, -0.1) is 0 Å². The molecule has 28 heavy (non-hydrogen) atoms. The molecule has 0 spiro atoms. The number of hydrogen-bond donors (Lipinski definition) is 3. The molecule has 2 aromatic rings. The summed E-state index contributed by atoms with van der Waals surface area (Å²) in [6.45, 7) is 9.74. The van der Waals surface area contributed by atoms with Crippen LogP contribution in [-0.2, 0) is 24.2 Å². The minimum absolute atomic E-state index is 0.0970. The lowest BCUT2D eigenvalue weighted by atomic mass is 10.1. The largest absolute Gasteiger partial charge is 0.361 e. The molecule has 2 aromatic heterocycles. The van der Waals surface area contributed by atoms with Gasteiger partial charge in [-0.2, -0.15) is 0 Å². The predicted molar refractivity (Wildman–Crippen MR) is 110 cm³/mol. The molecule has 0 unspecified atom stereocenters. The number of carbonyl (C=O) groups excluding carboxylic acids is 1. The van der Waals surface area contributed by atoms with Crippen LogP contribution in [-0.4, -0.2) is 35.1 Å². The summed E-state index contributed by atoms with van der Waals surface area (Å²) in [5.74, 6) is 2.00. The molecule has 0 aliphatic heterocycles. The fourth-order valence-corrected chi connectivity index (χ4v) is 2.66. The Morgan fingerprint density at radius 2 is 2.00 bits per heavy atom. The van der Waals surface area contributed by atoms with Crippen molar-refractivity contribution in [3.05, 3.63) is 40.9 Å². The first-order valence-corrected chi connectivity index (χ1v) is 9.78. The van der Waals surface area contributed by atoms with Crippen LogP contribution in [0.4, 0.5) is 5.82 Å². The van der Waals surface area contributed by atoms with Crippen molar-refractivity contribution in [2.24, 2.45) is 4.99 Å². The number of nitrogens with zero attached hydrogens (tertiary/aromatic N) is 3. The lowest BCUT2D eigenvalue weighted by Crippen LogP contribution is -2.38. The summed E-state index contributed by atoms with van der Waals surface area (Å²) in [5, 5.41) is 13.3. The Bertz CT molecular complexity index is 761. The number of aliphatic imine (C=N–C) groups is 1. The first-order valence-electron chi connectivity index (χ1n) is 9.78. The Hall–Kier alpha value is -2.90. The highest BCUT2D eigenvalue weighted by molar-refractivity contribution is 5.90. The maximum atomic E-state index is 12.1. The summed E-state index contributed by atoms with van der Waals surface area (Å²) in [6.07, 6.45) is 3.64. The van der Waals surface area contributed by atoms with Crippen LogP contribution in [0.2, 0.25) is 0 Å². The monoisotopic (exact) mass is 386 g/mol. The van der Waals surface area contributed by atoms with E-state index in [2.05, 4.69) is 38.0 Å². The van der Waals surface area contributed by atoms with Gasteiger partial charge >= 0.3 is 0 Å². The lowest BCUT2D eigenvalue weighted by molar-refractivity contribution is -0.116. The molecule has 152 valence electrons. The molecule has 3 N–H and O–H groups in total. The molecular weight excluding hydrogens is 356 g/mol. The van der Waals surface area contributed by atoms with Crippen LogP contribution in [0.5, 0.6) is 0 Å². The number of pyridine rings is 1. The summed E-state index contributed by atoms with van der Waals surface area (Å²) in [6, 6.07) is 3.71. The highest BCUT2D eigenvalue weighted by Gasteiger charge is 2.13. The maximum absolute atomic E-state index is 12.1. The normalized spacial score (nSPS) is 11.4. The smallest absolute Gasteiger partial charge is 0.227 e. The highest BCUT2D eigenvalue weighted by Crippen LogP contribution is 2.16. The van der Waals surface area contributed by atoms with Crippen molar-refractivity contribution in [3.63, 3.8) is 0 Å². The van der Waals surface area contributed by atoms with E-state index >= 15 is 0 Å². The Morgan fingerprint density at radius 1 is 1.18 bits per heavy atom. The summed E-state index contributed by atoms with van der Waals surface area (Å²) < 4.78 is 5.39. The third kappa shape index (κ3) is 6.37. The molecule has 2 heterocycles. The van der Waals surface area contributed by atoms with E-state index in [1.54, 1.807) is 12.3 Å². The maximum Gasteiger partial charge on any atom is 0.227 e. The third-order valence-electron chi connectivity index (χ3n) is 4.17. The van der Waals surface area contributed by atoms with E-state index in [-0.39, 0.29) is 5.91 Å². The van der Waals surface area contributed by atoms with Crippen molar-refractivity contribution in [2.45, 2.75) is 53.5 Å². The van der Waals surface area contributed by atoms with Crippen LogP contribution in [0, 0.1) is 6.92 Å². The van der Waals surface area contributed by atoms with E-state index in [9.17, 15) is 4.79 Å². The molecular formula is C20H30N6O2. The van der Waals surface area contributed by atoms with Crippen molar-refractivity contribution in [2.75, 3.05) is 18.4 Å². The van der Waals surface area contributed by atoms with Crippen LogP contribution >= 0.6 is 0 Å². The molecule has 1 amide bonds. The molecule has 2 rings (SSSR count). The highest BCUT2D eigenvalue weighted by atomic mass is 16.5. The minimum atomic E-state index is -0.0970. The average molecular weight is 387 g/mol. The van der Waals surface area contributed by atoms with Gasteiger partial charge in [-0.3, -0.25) is 4.79 Å². The first kappa shape index (κ1) is 21.4. The van der Waals surface area contributed by atoms with Crippen LogP contribution < -0.4 is 16.0 Å². The summed E-state index contributed by atoms with van der Waals surface area (Å²) in [4.78, 5) is 20.9. The first-order chi connectivity index (χ1) is 13.6. The number of anilines is 1. The van der Waals surface area contributed by atoms with Gasteiger partial charge in [0.15, 0.2) is 5.96 Å². The van der Waals surface area contributed by atoms with Crippen molar-refractivity contribution >= 4 is 17.7 Å². The number of hydrogen-bond acceptors (Lipinski definition) is 5. The van der Waals surface area contributed by atoms with E-state index in [1.807, 2.05) is 26.8 Å². The van der Waals surface area contributed by atoms with Crippen LogP contribution in [0.25, 0.3) is 0 Å².